The molecule has 0 aliphatic carbocycles. The molecule has 0 radical (unpaired) electrons. The predicted octanol–water partition coefficient (Wildman–Crippen LogP) is 4.64. The first-order chi connectivity index (χ1) is 14.3. The molecule has 162 valence electrons. The minimum atomic E-state index is -3.59. The van der Waals surface area contributed by atoms with Crippen LogP contribution >= 0.6 is 23.4 Å². The third-order valence-electron chi connectivity index (χ3n) is 4.89. The van der Waals surface area contributed by atoms with Crippen molar-refractivity contribution in [3.8, 4) is 5.75 Å². The summed E-state index contributed by atoms with van der Waals surface area (Å²) in [5.41, 5.74) is 0.345. The number of benzene rings is 2. The summed E-state index contributed by atoms with van der Waals surface area (Å²) in [5.74, 6) is 0.196. The lowest BCUT2D eigenvalue weighted by Gasteiger charge is -2.19. The minimum absolute atomic E-state index is 0.152. The molecule has 0 spiro atoms. The SMILES string of the molecule is CCC(Sc1ccc(Cl)cc1)C(=O)Nc1cc(S(=O)(=O)N2CCCC2)ccc1OC. The number of carbonyl (C=O) groups is 1. The van der Waals surface area contributed by atoms with Gasteiger partial charge in [0.25, 0.3) is 0 Å². The Kier molecular flexibility index (Phi) is 7.68. The Hall–Kier alpha value is -1.74. The quantitative estimate of drug-likeness (QED) is 0.571. The van der Waals surface area contributed by atoms with Gasteiger partial charge in [0, 0.05) is 23.0 Å². The number of methoxy groups -OCH3 is 1. The van der Waals surface area contributed by atoms with Crippen molar-refractivity contribution >= 4 is 45.0 Å². The van der Waals surface area contributed by atoms with Crippen LogP contribution in [-0.4, -0.2) is 44.1 Å². The minimum Gasteiger partial charge on any atom is -0.495 e. The average Bonchev–Trinajstić information content (AvgIpc) is 3.29. The van der Waals surface area contributed by atoms with Gasteiger partial charge in [-0.2, -0.15) is 4.31 Å². The fraction of sp³-hybridized carbons (Fsp3) is 0.381. The number of sulfonamides is 1. The van der Waals surface area contributed by atoms with E-state index < -0.39 is 10.0 Å². The van der Waals surface area contributed by atoms with Crippen molar-refractivity contribution in [2.24, 2.45) is 0 Å². The molecule has 3 rings (SSSR count). The maximum atomic E-state index is 12.9. The maximum absolute atomic E-state index is 12.9. The van der Waals surface area contributed by atoms with Gasteiger partial charge in [0.05, 0.1) is 22.9 Å². The molecular formula is C21H25ClN2O4S2. The summed E-state index contributed by atoms with van der Waals surface area (Å²) >= 11 is 7.36. The molecule has 1 saturated heterocycles. The van der Waals surface area contributed by atoms with E-state index in [1.54, 1.807) is 18.2 Å². The third kappa shape index (κ3) is 5.29. The standard InChI is InChI=1S/C21H25ClN2O4S2/c1-3-20(29-16-8-6-15(22)7-9-16)21(25)23-18-14-17(10-11-19(18)28-2)30(26,27)24-12-4-5-13-24/h6-11,14,20H,3-5,12-13H2,1-2H3,(H,23,25). The Morgan fingerprint density at radius 3 is 2.47 bits per heavy atom. The van der Waals surface area contributed by atoms with Crippen LogP contribution in [0.5, 0.6) is 5.75 Å². The van der Waals surface area contributed by atoms with E-state index >= 15 is 0 Å². The molecule has 1 unspecified atom stereocenters. The van der Waals surface area contributed by atoms with Gasteiger partial charge in [0.1, 0.15) is 5.75 Å². The summed E-state index contributed by atoms with van der Waals surface area (Å²) in [6.45, 7) is 2.97. The fourth-order valence-corrected chi connectivity index (χ4v) is 5.86. The largest absolute Gasteiger partial charge is 0.495 e. The first-order valence-electron chi connectivity index (χ1n) is 9.76. The third-order valence-corrected chi connectivity index (χ3v) is 8.41. The molecule has 0 saturated carbocycles. The first-order valence-corrected chi connectivity index (χ1v) is 12.5. The number of nitrogens with zero attached hydrogens (tertiary/aromatic N) is 1. The Bertz CT molecular complexity index is 991. The number of amides is 1. The monoisotopic (exact) mass is 468 g/mol. The normalized spacial score (nSPS) is 15.7. The summed E-state index contributed by atoms with van der Waals surface area (Å²) in [5, 5.41) is 3.14. The molecule has 9 heteroatoms. The van der Waals surface area contributed by atoms with E-state index in [2.05, 4.69) is 5.32 Å². The van der Waals surface area contributed by atoms with Gasteiger partial charge < -0.3 is 10.1 Å². The molecule has 2 aromatic carbocycles. The number of nitrogens with one attached hydrogen (secondary N) is 1. The molecule has 1 fully saturated rings. The molecule has 30 heavy (non-hydrogen) atoms. The second-order valence-corrected chi connectivity index (χ2v) is 10.6. The Balaban J connectivity index is 1.81. The number of carbonyl (C=O) groups excluding carboxylic acids is 1. The zero-order chi connectivity index (χ0) is 21.7. The van der Waals surface area contributed by atoms with Crippen molar-refractivity contribution in [3.05, 3.63) is 47.5 Å². The van der Waals surface area contributed by atoms with Crippen molar-refractivity contribution in [3.63, 3.8) is 0 Å². The Labute approximate surface area is 187 Å². The highest BCUT2D eigenvalue weighted by atomic mass is 35.5. The molecule has 6 nitrogen and oxygen atoms in total. The lowest BCUT2D eigenvalue weighted by atomic mass is 10.2. The van der Waals surface area contributed by atoms with Gasteiger partial charge in [-0.3, -0.25) is 4.79 Å². The van der Waals surface area contributed by atoms with Crippen LogP contribution < -0.4 is 10.1 Å². The molecular weight excluding hydrogens is 444 g/mol. The van der Waals surface area contributed by atoms with E-state index in [9.17, 15) is 13.2 Å². The zero-order valence-corrected chi connectivity index (χ0v) is 19.3. The van der Waals surface area contributed by atoms with Gasteiger partial charge in [-0.25, -0.2) is 8.42 Å². The first kappa shape index (κ1) is 22.9. The number of halogens is 1. The Morgan fingerprint density at radius 1 is 1.20 bits per heavy atom. The predicted molar refractivity (Wildman–Crippen MR) is 121 cm³/mol. The molecule has 1 aliphatic rings. The van der Waals surface area contributed by atoms with Crippen LogP contribution in [0.4, 0.5) is 5.69 Å². The van der Waals surface area contributed by atoms with Crippen molar-refractivity contribution in [2.45, 2.75) is 41.2 Å². The molecule has 2 aromatic rings. The number of rotatable bonds is 8. The van der Waals surface area contributed by atoms with E-state index in [4.69, 9.17) is 16.3 Å². The van der Waals surface area contributed by atoms with Gasteiger partial charge in [-0.15, -0.1) is 11.8 Å². The van der Waals surface area contributed by atoms with Gasteiger partial charge in [-0.1, -0.05) is 18.5 Å². The van der Waals surface area contributed by atoms with Crippen LogP contribution in [0.25, 0.3) is 0 Å². The molecule has 1 atom stereocenters. The van der Waals surface area contributed by atoms with Crippen molar-refractivity contribution < 1.29 is 17.9 Å². The fourth-order valence-electron chi connectivity index (χ4n) is 3.24. The van der Waals surface area contributed by atoms with Crippen molar-refractivity contribution in [1.29, 1.82) is 0 Å². The van der Waals surface area contributed by atoms with E-state index in [1.165, 1.54) is 35.3 Å². The van der Waals surface area contributed by atoms with Crippen LogP contribution in [0, 0.1) is 0 Å². The second-order valence-electron chi connectivity index (χ2n) is 6.93. The number of hydrogen-bond donors (Lipinski definition) is 1. The van der Waals surface area contributed by atoms with E-state index in [0.29, 0.717) is 36.0 Å². The number of thioether (sulfide) groups is 1. The highest BCUT2D eigenvalue weighted by molar-refractivity contribution is 8.00. The molecule has 1 aliphatic heterocycles. The van der Waals surface area contributed by atoms with Crippen LogP contribution in [-0.2, 0) is 14.8 Å². The van der Waals surface area contributed by atoms with Crippen LogP contribution in [0.2, 0.25) is 5.02 Å². The smallest absolute Gasteiger partial charge is 0.243 e. The van der Waals surface area contributed by atoms with Gasteiger partial charge in [0.2, 0.25) is 15.9 Å². The maximum Gasteiger partial charge on any atom is 0.243 e. The van der Waals surface area contributed by atoms with E-state index in [1.807, 2.05) is 19.1 Å². The Morgan fingerprint density at radius 2 is 1.87 bits per heavy atom. The number of anilines is 1. The lowest BCUT2D eigenvalue weighted by Crippen LogP contribution is -2.28. The van der Waals surface area contributed by atoms with Crippen LogP contribution in [0.3, 0.4) is 0 Å². The van der Waals surface area contributed by atoms with Crippen molar-refractivity contribution in [1.82, 2.24) is 4.31 Å². The highest BCUT2D eigenvalue weighted by Crippen LogP contribution is 2.32. The average molecular weight is 469 g/mol. The van der Waals surface area contributed by atoms with Crippen molar-refractivity contribution in [2.75, 3.05) is 25.5 Å². The number of hydrogen-bond acceptors (Lipinski definition) is 5. The van der Waals surface area contributed by atoms with Gasteiger partial charge in [-0.05, 0) is 61.7 Å². The molecule has 1 N–H and O–H groups in total. The van der Waals surface area contributed by atoms with Crippen LogP contribution in [0.1, 0.15) is 26.2 Å². The summed E-state index contributed by atoms with van der Waals surface area (Å²) in [6, 6.07) is 11.9. The van der Waals surface area contributed by atoms with Crippen LogP contribution in [0.15, 0.2) is 52.3 Å². The van der Waals surface area contributed by atoms with E-state index in [-0.39, 0.29) is 16.1 Å². The van der Waals surface area contributed by atoms with Gasteiger partial charge >= 0.3 is 0 Å². The molecule has 0 bridgehead atoms. The molecule has 1 heterocycles. The van der Waals surface area contributed by atoms with E-state index in [0.717, 1.165) is 17.7 Å². The summed E-state index contributed by atoms with van der Waals surface area (Å²) in [6.07, 6.45) is 2.32. The summed E-state index contributed by atoms with van der Waals surface area (Å²) in [7, 11) is -2.11. The highest BCUT2D eigenvalue weighted by Gasteiger charge is 2.28. The molecule has 0 aromatic heterocycles. The topological polar surface area (TPSA) is 75.7 Å². The van der Waals surface area contributed by atoms with Gasteiger partial charge in [0.15, 0.2) is 0 Å². The number of ether oxygens (including phenoxy) is 1. The molecule has 1 amide bonds. The summed E-state index contributed by atoms with van der Waals surface area (Å²) in [4.78, 5) is 14.0. The lowest BCUT2D eigenvalue weighted by molar-refractivity contribution is -0.115. The zero-order valence-electron chi connectivity index (χ0n) is 16.9. The summed E-state index contributed by atoms with van der Waals surface area (Å²) < 4.78 is 32.6. The second kappa shape index (κ2) is 10.0.